The molecular weight excluding hydrogens is 524 g/mol. The highest BCUT2D eigenvalue weighted by Crippen LogP contribution is 2.29. The van der Waals surface area contributed by atoms with Gasteiger partial charge in [-0.3, -0.25) is 14.5 Å². The Morgan fingerprint density at radius 1 is 1.03 bits per heavy atom. The van der Waals surface area contributed by atoms with Gasteiger partial charge in [-0.05, 0) is 49.2 Å². The number of benzene rings is 2. The molecule has 1 aliphatic rings. The summed E-state index contributed by atoms with van der Waals surface area (Å²) in [5.74, 6) is -4.22. The number of aliphatic carboxylic acids is 1. The summed E-state index contributed by atoms with van der Waals surface area (Å²) in [5, 5.41) is 20.0. The van der Waals surface area contributed by atoms with Gasteiger partial charge in [0.05, 0.1) is 6.04 Å². The molecule has 4 N–H and O–H groups in total. The predicted molar refractivity (Wildman–Crippen MR) is 131 cm³/mol. The van der Waals surface area contributed by atoms with E-state index in [0.29, 0.717) is 11.4 Å². The van der Waals surface area contributed by atoms with Crippen molar-refractivity contribution in [1.29, 1.82) is 0 Å². The van der Waals surface area contributed by atoms with Gasteiger partial charge in [0.25, 0.3) is 11.5 Å². The van der Waals surface area contributed by atoms with E-state index in [1.54, 1.807) is 12.1 Å². The summed E-state index contributed by atoms with van der Waals surface area (Å²) >= 11 is 0. The molecule has 3 aromatic rings. The van der Waals surface area contributed by atoms with E-state index in [-0.39, 0.29) is 24.1 Å². The first kappa shape index (κ1) is 29.3. The number of carboxylic acids is 1. The van der Waals surface area contributed by atoms with Crippen LogP contribution >= 0.6 is 0 Å². The Morgan fingerprint density at radius 2 is 1.62 bits per heavy atom. The number of hydrogen-bond donors (Lipinski definition) is 4. The first-order valence-corrected chi connectivity index (χ1v) is 11.9. The molecule has 1 fully saturated rings. The van der Waals surface area contributed by atoms with Crippen LogP contribution in [0.4, 0.5) is 17.6 Å². The lowest BCUT2D eigenvalue weighted by atomic mass is 10.0. The lowest BCUT2D eigenvalue weighted by Gasteiger charge is -2.34. The van der Waals surface area contributed by atoms with E-state index in [1.165, 1.54) is 12.1 Å². The Labute approximate surface area is 220 Å². The van der Waals surface area contributed by atoms with Crippen LogP contribution in [-0.4, -0.2) is 56.2 Å². The van der Waals surface area contributed by atoms with Gasteiger partial charge >= 0.3 is 12.1 Å². The molecular formula is C26H26F4N4O5. The Morgan fingerprint density at radius 3 is 2.18 bits per heavy atom. The maximum absolute atomic E-state index is 13.1. The highest BCUT2D eigenvalue weighted by Gasteiger charge is 2.38. The molecule has 2 heterocycles. The Balaban J connectivity index is 0.000000532. The van der Waals surface area contributed by atoms with Gasteiger partial charge in [-0.2, -0.15) is 13.2 Å². The van der Waals surface area contributed by atoms with Crippen LogP contribution < -0.4 is 10.9 Å². The molecule has 1 aromatic heterocycles. The van der Waals surface area contributed by atoms with E-state index in [0.717, 1.165) is 37.9 Å². The van der Waals surface area contributed by atoms with Crippen LogP contribution in [0.15, 0.2) is 59.4 Å². The molecule has 9 nitrogen and oxygen atoms in total. The van der Waals surface area contributed by atoms with E-state index in [4.69, 9.17) is 9.90 Å². The topological polar surface area (TPSA) is 136 Å². The van der Waals surface area contributed by atoms with E-state index in [1.807, 2.05) is 30.3 Å². The lowest BCUT2D eigenvalue weighted by Crippen LogP contribution is -2.37. The standard InChI is InChI=1S/C24H25FN4O3.C2HF3O2/c25-18-11-9-16(10-12-18)15-26-23(31)19-21(30)24(32)28-22(27-19)20(17-7-3-1-4-8-17)29-13-5-2-6-14-29;3-2(4,5)1(6)7/h1,3-4,7-12,20,30H,2,5-6,13-15H2,(H,26,31)(H,27,28,32);(H,6,7). The average molecular weight is 551 g/mol. The van der Waals surface area contributed by atoms with Crippen molar-refractivity contribution in [2.45, 2.75) is 38.0 Å². The Kier molecular flexibility index (Phi) is 9.77. The number of aromatic hydroxyl groups is 1. The maximum Gasteiger partial charge on any atom is 0.490 e. The van der Waals surface area contributed by atoms with Crippen LogP contribution in [0, 0.1) is 5.82 Å². The van der Waals surface area contributed by atoms with Crippen LogP contribution in [0.5, 0.6) is 5.75 Å². The molecule has 1 unspecified atom stereocenters. The molecule has 4 rings (SSSR count). The number of hydrogen-bond acceptors (Lipinski definition) is 6. The number of carbonyl (C=O) groups excluding carboxylic acids is 1. The molecule has 0 bridgehead atoms. The van der Waals surface area contributed by atoms with E-state index < -0.39 is 29.4 Å². The van der Waals surface area contributed by atoms with Gasteiger partial charge in [0, 0.05) is 6.54 Å². The van der Waals surface area contributed by atoms with Gasteiger partial charge < -0.3 is 20.5 Å². The van der Waals surface area contributed by atoms with Crippen LogP contribution in [0.3, 0.4) is 0 Å². The number of aromatic amines is 1. The van der Waals surface area contributed by atoms with E-state index in [2.05, 4.69) is 20.2 Å². The maximum atomic E-state index is 13.1. The van der Waals surface area contributed by atoms with Crippen molar-refractivity contribution < 1.29 is 37.4 Å². The zero-order valence-electron chi connectivity index (χ0n) is 20.5. The molecule has 0 spiro atoms. The molecule has 0 saturated carbocycles. The van der Waals surface area contributed by atoms with Crippen LogP contribution in [-0.2, 0) is 11.3 Å². The van der Waals surface area contributed by atoms with Crippen molar-refractivity contribution >= 4 is 11.9 Å². The highest BCUT2D eigenvalue weighted by molar-refractivity contribution is 5.94. The zero-order valence-corrected chi connectivity index (χ0v) is 20.5. The third-order valence-corrected chi connectivity index (χ3v) is 5.87. The molecule has 2 aromatic carbocycles. The molecule has 0 radical (unpaired) electrons. The molecule has 1 amide bonds. The lowest BCUT2D eigenvalue weighted by molar-refractivity contribution is -0.192. The van der Waals surface area contributed by atoms with Gasteiger partial charge in [0.15, 0.2) is 5.69 Å². The molecule has 1 aliphatic heterocycles. The first-order valence-electron chi connectivity index (χ1n) is 11.9. The second-order valence-corrected chi connectivity index (χ2v) is 8.67. The van der Waals surface area contributed by atoms with Crippen molar-refractivity contribution in [3.63, 3.8) is 0 Å². The fraction of sp³-hybridized carbons (Fsp3) is 0.308. The van der Waals surface area contributed by atoms with Gasteiger partial charge in [-0.1, -0.05) is 48.9 Å². The summed E-state index contributed by atoms with van der Waals surface area (Å²) in [6, 6.07) is 15.0. The number of halogens is 4. The SMILES string of the molecule is O=C(NCc1ccc(F)cc1)c1nc(C(c2ccccc2)N2CCCCC2)[nH]c(=O)c1O.O=C(O)C(F)(F)F. The normalized spacial score (nSPS) is 14.6. The van der Waals surface area contributed by atoms with Crippen molar-refractivity contribution in [2.24, 2.45) is 0 Å². The number of rotatable bonds is 6. The summed E-state index contributed by atoms with van der Waals surface area (Å²) in [5.41, 5.74) is 0.532. The summed E-state index contributed by atoms with van der Waals surface area (Å²) in [6.45, 7) is 1.79. The van der Waals surface area contributed by atoms with Crippen molar-refractivity contribution in [3.8, 4) is 5.75 Å². The summed E-state index contributed by atoms with van der Waals surface area (Å²) < 4.78 is 44.8. The largest absolute Gasteiger partial charge is 0.501 e. The monoisotopic (exact) mass is 550 g/mol. The summed E-state index contributed by atoms with van der Waals surface area (Å²) in [7, 11) is 0. The third kappa shape index (κ3) is 8.11. The van der Waals surface area contributed by atoms with Crippen LogP contribution in [0.25, 0.3) is 0 Å². The number of nitrogens with zero attached hydrogens (tertiary/aromatic N) is 2. The van der Waals surface area contributed by atoms with Gasteiger partial charge in [-0.15, -0.1) is 0 Å². The van der Waals surface area contributed by atoms with Gasteiger partial charge in [0.2, 0.25) is 5.75 Å². The minimum Gasteiger partial charge on any atom is -0.501 e. The fourth-order valence-corrected chi connectivity index (χ4v) is 3.99. The first-order chi connectivity index (χ1) is 18.5. The smallest absolute Gasteiger partial charge is 0.490 e. The van der Waals surface area contributed by atoms with Crippen molar-refractivity contribution in [2.75, 3.05) is 13.1 Å². The fourth-order valence-electron chi connectivity index (χ4n) is 3.99. The highest BCUT2D eigenvalue weighted by atomic mass is 19.4. The predicted octanol–water partition coefficient (Wildman–Crippen LogP) is 3.75. The number of likely N-dealkylation sites (tertiary alicyclic amines) is 1. The third-order valence-electron chi connectivity index (χ3n) is 5.87. The van der Waals surface area contributed by atoms with Gasteiger partial charge in [-0.25, -0.2) is 14.2 Å². The Hall–Kier alpha value is -4.26. The minimum atomic E-state index is -5.08. The molecule has 208 valence electrons. The minimum absolute atomic E-state index is 0.108. The molecule has 1 saturated heterocycles. The molecule has 13 heteroatoms. The quantitative estimate of drug-likeness (QED) is 0.343. The summed E-state index contributed by atoms with van der Waals surface area (Å²) in [6.07, 6.45) is -1.86. The zero-order chi connectivity index (χ0) is 28.6. The summed E-state index contributed by atoms with van der Waals surface area (Å²) in [4.78, 5) is 43.5. The second-order valence-electron chi connectivity index (χ2n) is 8.67. The van der Waals surface area contributed by atoms with E-state index in [9.17, 15) is 32.3 Å². The molecule has 1 atom stereocenters. The van der Waals surface area contributed by atoms with E-state index >= 15 is 0 Å². The number of aromatic nitrogens is 2. The number of carboxylic acid groups (broad SMARTS) is 1. The van der Waals surface area contributed by atoms with Gasteiger partial charge in [0.1, 0.15) is 11.6 Å². The van der Waals surface area contributed by atoms with Crippen molar-refractivity contribution in [1.82, 2.24) is 20.2 Å². The molecule has 0 aliphatic carbocycles. The molecule has 39 heavy (non-hydrogen) atoms. The number of amides is 1. The second kappa shape index (κ2) is 13.0. The number of H-pyrrole nitrogens is 1. The van der Waals surface area contributed by atoms with Crippen LogP contribution in [0.2, 0.25) is 0 Å². The average Bonchev–Trinajstić information content (AvgIpc) is 2.91. The van der Waals surface area contributed by atoms with Crippen LogP contribution in [0.1, 0.15) is 52.7 Å². The number of nitrogens with one attached hydrogen (secondary N) is 2. The Bertz CT molecular complexity index is 1320. The number of carbonyl (C=O) groups is 2. The number of piperidine rings is 1. The number of alkyl halides is 3. The van der Waals surface area contributed by atoms with Crippen molar-refractivity contribution in [3.05, 3.63) is 93.4 Å².